The molecule has 0 aromatic carbocycles. The average molecular weight is 469 g/mol. The Hall–Kier alpha value is -1.46. The number of hydrogen-bond donors (Lipinski definition) is 3. The molecule has 0 spiro atoms. The Bertz CT molecular complexity index is 877. The zero-order valence-corrected chi connectivity index (χ0v) is 21.2. The summed E-state index contributed by atoms with van der Waals surface area (Å²) in [6, 6.07) is 3.72. The van der Waals surface area contributed by atoms with Crippen LogP contribution in [0.25, 0.3) is 0 Å². The van der Waals surface area contributed by atoms with Crippen molar-refractivity contribution < 1.29 is 15.0 Å². The van der Waals surface area contributed by atoms with Crippen molar-refractivity contribution in [3.63, 3.8) is 0 Å². The maximum Gasteiger partial charge on any atom is 0.224 e. The first kappa shape index (κ1) is 24.2. The number of aliphatic hydroxyl groups excluding tert-OH is 2. The summed E-state index contributed by atoms with van der Waals surface area (Å²) in [6.07, 6.45) is 13.1. The largest absolute Gasteiger partial charge is 0.393 e. The molecule has 0 unspecified atom stereocenters. The number of fused-ring (bicyclic) bond motifs is 5. The number of aliphatic hydroxyl groups is 2. The van der Waals surface area contributed by atoms with E-state index in [1.165, 1.54) is 25.7 Å². The standard InChI is InChI=1S/C29H44N2O3/c1-18(6-9-26(34)31-20-5-4-14-30-17-20)22-7-8-23-27-24(11-13-29(22,23)3)28(2)12-10-21(32)15-19(28)16-25(27)33/h4-5,14,17-19,21-25,27,32-33H,6-13,15-16H2,1-3H3,(H,31,34)/t18-,19+,21-,22+,23-,24+,25+,27-,28+,29-/m1/s1. The molecule has 4 saturated carbocycles. The highest BCUT2D eigenvalue weighted by Crippen LogP contribution is 2.68. The predicted molar refractivity (Wildman–Crippen MR) is 134 cm³/mol. The molecule has 34 heavy (non-hydrogen) atoms. The van der Waals surface area contributed by atoms with Crippen LogP contribution in [0, 0.1) is 46.3 Å². The van der Waals surface area contributed by atoms with Gasteiger partial charge in [-0.3, -0.25) is 9.78 Å². The summed E-state index contributed by atoms with van der Waals surface area (Å²) >= 11 is 0. The fourth-order valence-corrected chi connectivity index (χ4v) is 9.40. The summed E-state index contributed by atoms with van der Waals surface area (Å²) in [5.74, 6) is 3.24. The molecule has 5 rings (SSSR count). The lowest BCUT2D eigenvalue weighted by molar-refractivity contribution is -0.174. The second-order valence-corrected chi connectivity index (χ2v) is 12.8. The van der Waals surface area contributed by atoms with Crippen LogP contribution < -0.4 is 5.32 Å². The molecule has 4 fully saturated rings. The Morgan fingerprint density at radius 3 is 2.65 bits per heavy atom. The number of anilines is 1. The van der Waals surface area contributed by atoms with Crippen LogP contribution in [0.2, 0.25) is 0 Å². The van der Waals surface area contributed by atoms with Gasteiger partial charge in [-0.15, -0.1) is 0 Å². The molecule has 1 aromatic rings. The van der Waals surface area contributed by atoms with Crippen LogP contribution in [0.4, 0.5) is 5.69 Å². The Kier molecular flexibility index (Phi) is 6.56. The topological polar surface area (TPSA) is 82.5 Å². The number of nitrogens with one attached hydrogen (secondary N) is 1. The Labute approximate surface area is 205 Å². The number of amides is 1. The van der Waals surface area contributed by atoms with Gasteiger partial charge in [0, 0.05) is 12.6 Å². The van der Waals surface area contributed by atoms with Crippen LogP contribution in [0.3, 0.4) is 0 Å². The molecule has 4 aliphatic rings. The van der Waals surface area contributed by atoms with E-state index in [1.807, 2.05) is 12.1 Å². The van der Waals surface area contributed by atoms with Crippen LogP contribution in [0.5, 0.6) is 0 Å². The van der Waals surface area contributed by atoms with E-state index >= 15 is 0 Å². The quantitative estimate of drug-likeness (QED) is 0.538. The van der Waals surface area contributed by atoms with Crippen LogP contribution in [0.1, 0.15) is 85.0 Å². The first-order valence-electron chi connectivity index (χ1n) is 13.8. The molecule has 10 atom stereocenters. The number of carbonyl (C=O) groups is 1. The van der Waals surface area contributed by atoms with Gasteiger partial charge >= 0.3 is 0 Å². The molecule has 5 nitrogen and oxygen atoms in total. The summed E-state index contributed by atoms with van der Waals surface area (Å²) in [6.45, 7) is 7.33. The van der Waals surface area contributed by atoms with Crippen LogP contribution in [-0.2, 0) is 4.79 Å². The summed E-state index contributed by atoms with van der Waals surface area (Å²) in [4.78, 5) is 16.6. The Morgan fingerprint density at radius 2 is 1.88 bits per heavy atom. The third-order valence-corrected chi connectivity index (χ3v) is 11.2. The number of carbonyl (C=O) groups excluding carboxylic acids is 1. The van der Waals surface area contributed by atoms with Crippen molar-refractivity contribution in [2.24, 2.45) is 46.3 Å². The third-order valence-electron chi connectivity index (χ3n) is 11.2. The second-order valence-electron chi connectivity index (χ2n) is 12.8. The van der Waals surface area contributed by atoms with E-state index < -0.39 is 0 Å². The molecule has 3 N–H and O–H groups in total. The van der Waals surface area contributed by atoms with Crippen molar-refractivity contribution in [3.8, 4) is 0 Å². The first-order valence-corrected chi connectivity index (χ1v) is 13.8. The fourth-order valence-electron chi connectivity index (χ4n) is 9.40. The minimum Gasteiger partial charge on any atom is -0.393 e. The van der Waals surface area contributed by atoms with E-state index in [0.717, 1.165) is 37.8 Å². The maximum atomic E-state index is 12.5. The smallest absolute Gasteiger partial charge is 0.224 e. The van der Waals surface area contributed by atoms with Crippen molar-refractivity contribution in [1.82, 2.24) is 4.98 Å². The van der Waals surface area contributed by atoms with Crippen molar-refractivity contribution in [1.29, 1.82) is 0 Å². The third kappa shape index (κ3) is 4.11. The second kappa shape index (κ2) is 9.20. The minimum absolute atomic E-state index is 0.0735. The number of aromatic nitrogens is 1. The summed E-state index contributed by atoms with van der Waals surface area (Å²) < 4.78 is 0. The van der Waals surface area contributed by atoms with Gasteiger partial charge < -0.3 is 15.5 Å². The van der Waals surface area contributed by atoms with Gasteiger partial charge in [-0.1, -0.05) is 20.8 Å². The number of hydrogen-bond acceptors (Lipinski definition) is 4. The summed E-state index contributed by atoms with van der Waals surface area (Å²) in [5, 5.41) is 24.7. The Balaban J connectivity index is 1.25. The van der Waals surface area contributed by atoms with E-state index in [2.05, 4.69) is 31.1 Å². The number of pyridine rings is 1. The summed E-state index contributed by atoms with van der Waals surface area (Å²) in [7, 11) is 0. The molecule has 0 bridgehead atoms. The lowest BCUT2D eigenvalue weighted by Crippen LogP contribution is -2.58. The SMILES string of the molecule is C[C@H](CCC(=O)Nc1cccnc1)[C@@H]1CC[C@@H]2[C@H]3[C@@H](O)C[C@@H]4C[C@H](O)CC[C@]4(C)[C@H]3CC[C@@]21C. The van der Waals surface area contributed by atoms with Crippen molar-refractivity contribution in [3.05, 3.63) is 24.5 Å². The molecule has 0 radical (unpaired) electrons. The molecule has 1 heterocycles. The van der Waals surface area contributed by atoms with Gasteiger partial charge in [0.15, 0.2) is 0 Å². The van der Waals surface area contributed by atoms with Crippen LogP contribution >= 0.6 is 0 Å². The maximum absolute atomic E-state index is 12.5. The van der Waals surface area contributed by atoms with Crippen molar-refractivity contribution in [2.45, 2.75) is 97.2 Å². The van der Waals surface area contributed by atoms with Gasteiger partial charge in [0.1, 0.15) is 0 Å². The highest BCUT2D eigenvalue weighted by Gasteiger charge is 2.62. The molecular formula is C29H44N2O3. The van der Waals surface area contributed by atoms with Gasteiger partial charge in [-0.2, -0.15) is 0 Å². The monoisotopic (exact) mass is 468 g/mol. The highest BCUT2D eigenvalue weighted by atomic mass is 16.3. The fraction of sp³-hybridized carbons (Fsp3) is 0.793. The first-order chi connectivity index (χ1) is 16.2. The van der Waals surface area contributed by atoms with Crippen LogP contribution in [-0.4, -0.2) is 33.3 Å². The molecule has 1 aromatic heterocycles. The summed E-state index contributed by atoms with van der Waals surface area (Å²) in [5.41, 5.74) is 1.30. The van der Waals surface area contributed by atoms with E-state index in [0.29, 0.717) is 41.9 Å². The molecular weight excluding hydrogens is 424 g/mol. The lowest BCUT2D eigenvalue weighted by Gasteiger charge is -2.62. The molecule has 4 aliphatic carbocycles. The zero-order valence-electron chi connectivity index (χ0n) is 21.2. The molecule has 1 amide bonds. The van der Waals surface area contributed by atoms with Gasteiger partial charge in [0.2, 0.25) is 5.91 Å². The van der Waals surface area contributed by atoms with E-state index in [4.69, 9.17) is 0 Å². The van der Waals surface area contributed by atoms with E-state index in [1.54, 1.807) is 12.4 Å². The van der Waals surface area contributed by atoms with Crippen molar-refractivity contribution >= 4 is 11.6 Å². The van der Waals surface area contributed by atoms with Gasteiger partial charge in [-0.25, -0.2) is 0 Å². The number of rotatable bonds is 5. The molecule has 5 heteroatoms. The minimum atomic E-state index is -0.225. The van der Waals surface area contributed by atoms with Gasteiger partial charge in [-0.05, 0) is 116 Å². The molecule has 0 saturated heterocycles. The van der Waals surface area contributed by atoms with Crippen LogP contribution in [0.15, 0.2) is 24.5 Å². The normalized spacial score (nSPS) is 44.4. The predicted octanol–water partition coefficient (Wildman–Crippen LogP) is 5.43. The van der Waals surface area contributed by atoms with Gasteiger partial charge in [0.25, 0.3) is 0 Å². The zero-order chi connectivity index (χ0) is 24.1. The molecule has 188 valence electrons. The Morgan fingerprint density at radius 1 is 1.12 bits per heavy atom. The van der Waals surface area contributed by atoms with E-state index in [9.17, 15) is 15.0 Å². The van der Waals surface area contributed by atoms with E-state index in [-0.39, 0.29) is 28.9 Å². The highest BCUT2D eigenvalue weighted by molar-refractivity contribution is 5.90. The van der Waals surface area contributed by atoms with Crippen molar-refractivity contribution in [2.75, 3.05) is 5.32 Å². The molecule has 0 aliphatic heterocycles. The average Bonchev–Trinajstić information content (AvgIpc) is 3.16. The van der Waals surface area contributed by atoms with Gasteiger partial charge in [0.05, 0.1) is 24.1 Å². The number of nitrogens with zero attached hydrogens (tertiary/aromatic N) is 1. The lowest BCUT2D eigenvalue weighted by atomic mass is 9.43.